The molecule has 0 spiro atoms. The molecule has 0 aromatic carbocycles. The molecule has 0 aromatic rings. The summed E-state index contributed by atoms with van der Waals surface area (Å²) in [6, 6.07) is 0. The van der Waals surface area contributed by atoms with Crippen LogP contribution in [0.5, 0.6) is 0 Å². The number of carbonyl (C=O) groups excluding carboxylic acids is 1. The van der Waals surface area contributed by atoms with Gasteiger partial charge in [0.1, 0.15) is 0 Å². The Labute approximate surface area is 106 Å². The van der Waals surface area contributed by atoms with Crippen molar-refractivity contribution in [2.45, 2.75) is 20.8 Å². The molecule has 0 aliphatic carbocycles. The van der Waals surface area contributed by atoms with Crippen molar-refractivity contribution >= 4 is 5.91 Å². The van der Waals surface area contributed by atoms with Gasteiger partial charge in [-0.1, -0.05) is 20.8 Å². The molecule has 0 saturated heterocycles. The SMILES string of the molecule is CNCC(C)C(=O)N(CCN(C)C)CC(C)C. The Balaban J connectivity index is 4.38. The van der Waals surface area contributed by atoms with E-state index in [0.29, 0.717) is 5.92 Å². The quantitative estimate of drug-likeness (QED) is 0.688. The van der Waals surface area contributed by atoms with Gasteiger partial charge in [-0.05, 0) is 27.1 Å². The highest BCUT2D eigenvalue weighted by Gasteiger charge is 2.20. The summed E-state index contributed by atoms with van der Waals surface area (Å²) in [6.45, 7) is 9.62. The first-order valence-corrected chi connectivity index (χ1v) is 6.46. The molecule has 17 heavy (non-hydrogen) atoms. The topological polar surface area (TPSA) is 35.6 Å². The van der Waals surface area contributed by atoms with E-state index in [-0.39, 0.29) is 11.8 Å². The molecule has 1 unspecified atom stereocenters. The molecule has 0 aromatic heterocycles. The van der Waals surface area contributed by atoms with E-state index >= 15 is 0 Å². The summed E-state index contributed by atoms with van der Waals surface area (Å²) in [6.07, 6.45) is 0. The molecule has 1 atom stereocenters. The van der Waals surface area contributed by atoms with Gasteiger partial charge < -0.3 is 15.1 Å². The van der Waals surface area contributed by atoms with E-state index in [2.05, 4.69) is 24.1 Å². The molecule has 4 nitrogen and oxygen atoms in total. The molecular formula is C13H29N3O. The molecule has 0 bridgehead atoms. The van der Waals surface area contributed by atoms with Crippen molar-refractivity contribution in [1.82, 2.24) is 15.1 Å². The maximum atomic E-state index is 12.2. The van der Waals surface area contributed by atoms with Crippen LogP contribution in [0.2, 0.25) is 0 Å². The Morgan fingerprint density at radius 2 is 1.76 bits per heavy atom. The molecule has 0 heterocycles. The van der Waals surface area contributed by atoms with Crippen LogP contribution in [-0.2, 0) is 4.79 Å². The van der Waals surface area contributed by atoms with Crippen LogP contribution in [0.4, 0.5) is 0 Å². The third-order valence-corrected chi connectivity index (χ3v) is 2.65. The summed E-state index contributed by atoms with van der Waals surface area (Å²) in [5, 5.41) is 3.06. The zero-order valence-electron chi connectivity index (χ0n) is 12.3. The summed E-state index contributed by atoms with van der Waals surface area (Å²) in [4.78, 5) is 16.4. The lowest BCUT2D eigenvalue weighted by molar-refractivity contribution is -0.135. The highest BCUT2D eigenvalue weighted by atomic mass is 16.2. The lowest BCUT2D eigenvalue weighted by Crippen LogP contribution is -2.43. The molecule has 0 aliphatic rings. The molecule has 0 saturated carbocycles. The Hall–Kier alpha value is -0.610. The third-order valence-electron chi connectivity index (χ3n) is 2.65. The molecule has 1 N–H and O–H groups in total. The Kier molecular flexibility index (Phi) is 8.17. The highest BCUT2D eigenvalue weighted by Crippen LogP contribution is 2.06. The zero-order valence-corrected chi connectivity index (χ0v) is 12.3. The predicted molar refractivity (Wildman–Crippen MR) is 73.1 cm³/mol. The van der Waals surface area contributed by atoms with Gasteiger partial charge in [0.25, 0.3) is 0 Å². The summed E-state index contributed by atoms with van der Waals surface area (Å²) >= 11 is 0. The first-order chi connectivity index (χ1) is 7.88. The van der Waals surface area contributed by atoms with E-state index in [9.17, 15) is 4.79 Å². The van der Waals surface area contributed by atoms with Gasteiger partial charge >= 0.3 is 0 Å². The van der Waals surface area contributed by atoms with E-state index in [1.165, 1.54) is 0 Å². The molecule has 0 aliphatic heterocycles. The van der Waals surface area contributed by atoms with Crippen LogP contribution >= 0.6 is 0 Å². The Bertz CT molecular complexity index is 217. The Morgan fingerprint density at radius 1 is 1.18 bits per heavy atom. The van der Waals surface area contributed by atoms with E-state index in [0.717, 1.165) is 26.2 Å². The minimum atomic E-state index is 0.0564. The molecule has 0 fully saturated rings. The van der Waals surface area contributed by atoms with Gasteiger partial charge in [0.15, 0.2) is 0 Å². The van der Waals surface area contributed by atoms with Crippen LogP contribution in [0, 0.1) is 11.8 Å². The van der Waals surface area contributed by atoms with Gasteiger partial charge in [0.2, 0.25) is 5.91 Å². The Morgan fingerprint density at radius 3 is 2.18 bits per heavy atom. The number of likely N-dealkylation sites (N-methyl/N-ethyl adjacent to an activating group) is 1. The van der Waals surface area contributed by atoms with Gasteiger partial charge in [-0.3, -0.25) is 4.79 Å². The smallest absolute Gasteiger partial charge is 0.226 e. The maximum Gasteiger partial charge on any atom is 0.226 e. The van der Waals surface area contributed by atoms with Crippen molar-refractivity contribution in [3.05, 3.63) is 0 Å². The van der Waals surface area contributed by atoms with Crippen LogP contribution in [0.15, 0.2) is 0 Å². The van der Waals surface area contributed by atoms with E-state index in [4.69, 9.17) is 0 Å². The lowest BCUT2D eigenvalue weighted by atomic mass is 10.1. The molecular weight excluding hydrogens is 214 g/mol. The summed E-state index contributed by atoms with van der Waals surface area (Å²) < 4.78 is 0. The first kappa shape index (κ1) is 16.4. The summed E-state index contributed by atoms with van der Waals surface area (Å²) in [5.74, 6) is 0.832. The lowest BCUT2D eigenvalue weighted by Gasteiger charge is -2.28. The summed E-state index contributed by atoms with van der Waals surface area (Å²) in [7, 11) is 5.96. The van der Waals surface area contributed by atoms with Gasteiger partial charge in [-0.15, -0.1) is 0 Å². The standard InChI is InChI=1S/C13H29N3O/c1-11(2)10-16(8-7-15(5)6)13(17)12(3)9-14-4/h11-12,14H,7-10H2,1-6H3. The number of carbonyl (C=O) groups is 1. The van der Waals surface area contributed by atoms with Crippen LogP contribution in [0.3, 0.4) is 0 Å². The van der Waals surface area contributed by atoms with Gasteiger partial charge in [0.05, 0.1) is 0 Å². The van der Waals surface area contributed by atoms with Crippen LogP contribution in [0.1, 0.15) is 20.8 Å². The van der Waals surface area contributed by atoms with Crippen LogP contribution < -0.4 is 5.32 Å². The third kappa shape index (κ3) is 7.34. The maximum absolute atomic E-state index is 12.2. The van der Waals surface area contributed by atoms with Crippen molar-refractivity contribution in [2.24, 2.45) is 11.8 Å². The number of hydrogen-bond acceptors (Lipinski definition) is 3. The van der Waals surface area contributed by atoms with Crippen LogP contribution in [0.25, 0.3) is 0 Å². The van der Waals surface area contributed by atoms with E-state index in [1.807, 2.05) is 33.0 Å². The van der Waals surface area contributed by atoms with Crippen molar-refractivity contribution in [3.63, 3.8) is 0 Å². The first-order valence-electron chi connectivity index (χ1n) is 6.46. The fraction of sp³-hybridized carbons (Fsp3) is 0.923. The van der Waals surface area contributed by atoms with E-state index in [1.54, 1.807) is 0 Å². The zero-order chi connectivity index (χ0) is 13.4. The minimum Gasteiger partial charge on any atom is -0.341 e. The largest absolute Gasteiger partial charge is 0.341 e. The predicted octanol–water partition coefficient (Wildman–Crippen LogP) is 0.888. The second-order valence-electron chi connectivity index (χ2n) is 5.44. The number of nitrogens with one attached hydrogen (secondary N) is 1. The fourth-order valence-electron chi connectivity index (χ4n) is 1.76. The highest BCUT2D eigenvalue weighted by molar-refractivity contribution is 5.78. The molecule has 1 amide bonds. The van der Waals surface area contributed by atoms with Gasteiger partial charge in [-0.25, -0.2) is 0 Å². The van der Waals surface area contributed by atoms with Crippen molar-refractivity contribution in [3.8, 4) is 0 Å². The second-order valence-corrected chi connectivity index (χ2v) is 5.44. The second kappa shape index (κ2) is 8.48. The minimum absolute atomic E-state index is 0.0564. The number of hydrogen-bond donors (Lipinski definition) is 1. The monoisotopic (exact) mass is 243 g/mol. The number of rotatable bonds is 8. The average molecular weight is 243 g/mol. The number of nitrogens with zero attached hydrogens (tertiary/aromatic N) is 2. The van der Waals surface area contributed by atoms with Crippen molar-refractivity contribution in [1.29, 1.82) is 0 Å². The van der Waals surface area contributed by atoms with Crippen molar-refractivity contribution < 1.29 is 4.79 Å². The molecule has 0 rings (SSSR count). The van der Waals surface area contributed by atoms with Gasteiger partial charge in [0, 0.05) is 32.1 Å². The van der Waals surface area contributed by atoms with E-state index < -0.39 is 0 Å². The van der Waals surface area contributed by atoms with Gasteiger partial charge in [-0.2, -0.15) is 0 Å². The summed E-state index contributed by atoms with van der Waals surface area (Å²) in [5.41, 5.74) is 0. The fourth-order valence-corrected chi connectivity index (χ4v) is 1.76. The molecule has 102 valence electrons. The average Bonchev–Trinajstić information content (AvgIpc) is 2.22. The number of amides is 1. The van der Waals surface area contributed by atoms with Crippen LogP contribution in [-0.4, -0.2) is 63.0 Å². The van der Waals surface area contributed by atoms with Crippen molar-refractivity contribution in [2.75, 3.05) is 47.3 Å². The molecule has 0 radical (unpaired) electrons. The molecule has 4 heteroatoms. The normalized spacial score (nSPS) is 13.2.